The normalized spacial score (nSPS) is 11.9. The van der Waals surface area contributed by atoms with Crippen LogP contribution >= 0.6 is 0 Å². The lowest BCUT2D eigenvalue weighted by atomic mass is 10.2. The molecule has 6 nitrogen and oxygen atoms in total. The Morgan fingerprint density at radius 3 is 2.61 bits per heavy atom. The van der Waals surface area contributed by atoms with Gasteiger partial charge < -0.3 is 20.1 Å². The highest BCUT2D eigenvalue weighted by Crippen LogP contribution is 1.94. The summed E-state index contributed by atoms with van der Waals surface area (Å²) in [7, 11) is 1.59. The van der Waals surface area contributed by atoms with Crippen molar-refractivity contribution in [2.45, 2.75) is 32.7 Å². The van der Waals surface area contributed by atoms with E-state index in [0.717, 1.165) is 0 Å². The summed E-state index contributed by atoms with van der Waals surface area (Å²) >= 11 is 0. The predicted molar refractivity (Wildman–Crippen MR) is 68.2 cm³/mol. The van der Waals surface area contributed by atoms with Crippen LogP contribution in [0.25, 0.3) is 0 Å². The number of methoxy groups -OCH3 is 1. The standard InChI is InChI=1S/C12H24N2O4/c1-4-18-12(16)9-10(2)13-6-5-11(15)14-7-8-17-3/h10,13H,4-9H2,1-3H3,(H,14,15). The SMILES string of the molecule is CCOC(=O)CC(C)NCCC(=O)NCCOC. The minimum absolute atomic E-state index is 0.0100. The van der Waals surface area contributed by atoms with Crippen molar-refractivity contribution in [3.8, 4) is 0 Å². The first-order valence-electron chi connectivity index (χ1n) is 6.24. The van der Waals surface area contributed by atoms with E-state index in [0.29, 0.717) is 39.1 Å². The average Bonchev–Trinajstić information content (AvgIpc) is 2.29. The number of nitrogens with one attached hydrogen (secondary N) is 2. The number of hydrogen-bond acceptors (Lipinski definition) is 5. The van der Waals surface area contributed by atoms with Gasteiger partial charge in [-0.1, -0.05) is 0 Å². The molecule has 18 heavy (non-hydrogen) atoms. The van der Waals surface area contributed by atoms with Crippen molar-refractivity contribution >= 4 is 11.9 Å². The summed E-state index contributed by atoms with van der Waals surface area (Å²) in [5.74, 6) is -0.245. The summed E-state index contributed by atoms with van der Waals surface area (Å²) in [6.07, 6.45) is 0.704. The quantitative estimate of drug-likeness (QED) is 0.429. The van der Waals surface area contributed by atoms with Crippen LogP contribution in [0.4, 0.5) is 0 Å². The third-order valence-corrected chi connectivity index (χ3v) is 2.25. The van der Waals surface area contributed by atoms with Gasteiger partial charge in [0, 0.05) is 32.7 Å². The molecule has 0 aliphatic carbocycles. The van der Waals surface area contributed by atoms with Crippen LogP contribution in [0.2, 0.25) is 0 Å². The molecule has 1 unspecified atom stereocenters. The lowest BCUT2D eigenvalue weighted by molar-refractivity contribution is -0.143. The molecule has 0 rings (SSSR count). The Bertz CT molecular complexity index is 246. The molecule has 0 aliphatic heterocycles. The Kier molecular flexibility index (Phi) is 10.3. The van der Waals surface area contributed by atoms with Crippen molar-refractivity contribution in [2.24, 2.45) is 0 Å². The lowest BCUT2D eigenvalue weighted by Crippen LogP contribution is -2.34. The van der Waals surface area contributed by atoms with Gasteiger partial charge in [-0.15, -0.1) is 0 Å². The molecule has 0 radical (unpaired) electrons. The van der Waals surface area contributed by atoms with Crippen LogP contribution in [0.15, 0.2) is 0 Å². The molecule has 0 aromatic heterocycles. The maximum Gasteiger partial charge on any atom is 0.307 e. The maximum absolute atomic E-state index is 11.3. The molecular weight excluding hydrogens is 236 g/mol. The fraction of sp³-hybridized carbons (Fsp3) is 0.833. The van der Waals surface area contributed by atoms with E-state index in [1.54, 1.807) is 14.0 Å². The van der Waals surface area contributed by atoms with Crippen LogP contribution < -0.4 is 10.6 Å². The van der Waals surface area contributed by atoms with E-state index in [9.17, 15) is 9.59 Å². The van der Waals surface area contributed by atoms with Gasteiger partial charge in [0.1, 0.15) is 0 Å². The van der Waals surface area contributed by atoms with Gasteiger partial charge in [0.15, 0.2) is 0 Å². The van der Waals surface area contributed by atoms with Crippen LogP contribution in [0.1, 0.15) is 26.7 Å². The second-order valence-corrected chi connectivity index (χ2v) is 3.96. The zero-order valence-corrected chi connectivity index (χ0v) is 11.5. The van der Waals surface area contributed by atoms with Gasteiger partial charge in [0.25, 0.3) is 0 Å². The van der Waals surface area contributed by atoms with E-state index in [4.69, 9.17) is 9.47 Å². The minimum atomic E-state index is -0.220. The van der Waals surface area contributed by atoms with Gasteiger partial charge >= 0.3 is 5.97 Å². The summed E-state index contributed by atoms with van der Waals surface area (Å²) in [4.78, 5) is 22.5. The zero-order valence-electron chi connectivity index (χ0n) is 11.5. The highest BCUT2D eigenvalue weighted by Gasteiger charge is 2.09. The molecule has 0 aromatic rings. The molecule has 1 atom stereocenters. The Labute approximate surface area is 108 Å². The molecule has 0 heterocycles. The van der Waals surface area contributed by atoms with Gasteiger partial charge in [0.05, 0.1) is 19.6 Å². The highest BCUT2D eigenvalue weighted by atomic mass is 16.5. The fourth-order valence-corrected chi connectivity index (χ4v) is 1.36. The molecule has 0 saturated carbocycles. The highest BCUT2D eigenvalue weighted by molar-refractivity contribution is 5.76. The minimum Gasteiger partial charge on any atom is -0.466 e. The van der Waals surface area contributed by atoms with E-state index in [1.807, 2.05) is 6.92 Å². The molecule has 0 spiro atoms. The first kappa shape index (κ1) is 16.9. The number of esters is 1. The smallest absolute Gasteiger partial charge is 0.307 e. The summed E-state index contributed by atoms with van der Waals surface area (Å²) in [6, 6.07) is 0.0100. The second-order valence-electron chi connectivity index (χ2n) is 3.96. The molecule has 1 amide bonds. The van der Waals surface area contributed by atoms with Gasteiger partial charge in [-0.2, -0.15) is 0 Å². The van der Waals surface area contributed by atoms with E-state index < -0.39 is 0 Å². The molecule has 0 bridgehead atoms. The van der Waals surface area contributed by atoms with E-state index in [-0.39, 0.29) is 17.9 Å². The molecule has 0 fully saturated rings. The van der Waals surface area contributed by atoms with Gasteiger partial charge in [-0.25, -0.2) is 0 Å². The number of carbonyl (C=O) groups excluding carboxylic acids is 2. The lowest BCUT2D eigenvalue weighted by Gasteiger charge is -2.12. The number of ether oxygens (including phenoxy) is 2. The average molecular weight is 260 g/mol. The van der Waals surface area contributed by atoms with Gasteiger partial charge in [0.2, 0.25) is 5.91 Å². The number of carbonyl (C=O) groups is 2. The van der Waals surface area contributed by atoms with Crippen LogP contribution in [0, 0.1) is 0 Å². The van der Waals surface area contributed by atoms with Crippen molar-refractivity contribution in [1.29, 1.82) is 0 Å². The van der Waals surface area contributed by atoms with E-state index >= 15 is 0 Å². The van der Waals surface area contributed by atoms with Crippen molar-refractivity contribution in [2.75, 3.05) is 33.4 Å². The Morgan fingerprint density at radius 2 is 2.00 bits per heavy atom. The fourth-order valence-electron chi connectivity index (χ4n) is 1.36. The molecule has 0 aliphatic rings. The van der Waals surface area contributed by atoms with Crippen LogP contribution in [0.3, 0.4) is 0 Å². The topological polar surface area (TPSA) is 76.7 Å². The second kappa shape index (κ2) is 11.0. The number of hydrogen-bond donors (Lipinski definition) is 2. The van der Waals surface area contributed by atoms with Crippen molar-refractivity contribution in [3.05, 3.63) is 0 Å². The monoisotopic (exact) mass is 260 g/mol. The van der Waals surface area contributed by atoms with Crippen molar-refractivity contribution in [3.63, 3.8) is 0 Å². The summed E-state index contributed by atoms with van der Waals surface area (Å²) in [5.41, 5.74) is 0. The van der Waals surface area contributed by atoms with Crippen molar-refractivity contribution in [1.82, 2.24) is 10.6 Å². The molecular formula is C12H24N2O4. The molecule has 0 saturated heterocycles. The zero-order chi connectivity index (χ0) is 13.8. The van der Waals surface area contributed by atoms with Crippen molar-refractivity contribution < 1.29 is 19.1 Å². The molecule has 6 heteroatoms. The summed E-state index contributed by atoms with van der Waals surface area (Å²) in [6.45, 7) is 5.64. The Morgan fingerprint density at radius 1 is 1.28 bits per heavy atom. The Balaban J connectivity index is 3.52. The first-order chi connectivity index (χ1) is 8.60. The Hall–Kier alpha value is -1.14. The van der Waals surface area contributed by atoms with E-state index in [2.05, 4.69) is 10.6 Å². The van der Waals surface area contributed by atoms with E-state index in [1.165, 1.54) is 0 Å². The summed E-state index contributed by atoms with van der Waals surface area (Å²) < 4.78 is 9.65. The maximum atomic E-state index is 11.3. The summed E-state index contributed by atoms with van der Waals surface area (Å²) in [5, 5.41) is 5.82. The first-order valence-corrected chi connectivity index (χ1v) is 6.24. The van der Waals surface area contributed by atoms with Crippen LogP contribution in [-0.2, 0) is 19.1 Å². The van der Waals surface area contributed by atoms with Gasteiger partial charge in [-0.3, -0.25) is 9.59 Å². The molecule has 106 valence electrons. The largest absolute Gasteiger partial charge is 0.466 e. The third-order valence-electron chi connectivity index (χ3n) is 2.25. The van der Waals surface area contributed by atoms with Crippen LogP contribution in [-0.4, -0.2) is 51.3 Å². The number of amides is 1. The van der Waals surface area contributed by atoms with Gasteiger partial charge in [-0.05, 0) is 13.8 Å². The predicted octanol–water partition coefficient (Wildman–Crippen LogP) is 0.0704. The third kappa shape index (κ3) is 10.0. The number of rotatable bonds is 10. The molecule has 0 aromatic carbocycles. The molecule has 2 N–H and O–H groups in total. The van der Waals surface area contributed by atoms with Crippen LogP contribution in [0.5, 0.6) is 0 Å².